The molecular weight excluding hydrogens is 210 g/mol. The molecule has 1 fully saturated rings. The second-order valence-electron chi connectivity index (χ2n) is 4.76. The lowest BCUT2D eigenvalue weighted by molar-refractivity contribution is 0.475. The van der Waals surface area contributed by atoms with Gasteiger partial charge in [-0.3, -0.25) is 4.98 Å². The van der Waals surface area contributed by atoms with Crippen molar-refractivity contribution in [1.82, 2.24) is 4.98 Å². The van der Waals surface area contributed by atoms with E-state index in [0.717, 1.165) is 17.2 Å². The maximum Gasteiger partial charge on any atom is 0.116 e. The molecule has 1 heterocycles. The Balaban J connectivity index is 2.02. The Bertz CT molecular complexity index is 559. The molecule has 86 valence electrons. The quantitative estimate of drug-likeness (QED) is 0.846. The fourth-order valence-corrected chi connectivity index (χ4v) is 2.19. The zero-order valence-electron chi connectivity index (χ0n) is 9.85. The first-order chi connectivity index (χ1) is 8.24. The van der Waals surface area contributed by atoms with Crippen LogP contribution in [0.1, 0.15) is 29.9 Å². The van der Waals surface area contributed by atoms with Crippen LogP contribution in [-0.2, 0) is 0 Å². The van der Waals surface area contributed by atoms with Crippen LogP contribution in [0.2, 0.25) is 0 Å². The number of rotatable bonds is 2. The van der Waals surface area contributed by atoms with E-state index >= 15 is 0 Å². The van der Waals surface area contributed by atoms with Crippen molar-refractivity contribution in [2.45, 2.75) is 25.7 Å². The summed E-state index contributed by atoms with van der Waals surface area (Å²) in [7, 11) is 0. The monoisotopic (exact) mass is 225 g/mol. The molecule has 1 aromatic heterocycles. The topological polar surface area (TPSA) is 33.1 Å². The molecule has 2 aromatic rings. The minimum Gasteiger partial charge on any atom is -0.508 e. The third-order valence-corrected chi connectivity index (χ3v) is 3.27. The summed E-state index contributed by atoms with van der Waals surface area (Å²) in [6.07, 6.45) is 4.57. The largest absolute Gasteiger partial charge is 0.508 e. The van der Waals surface area contributed by atoms with Crippen molar-refractivity contribution in [1.29, 1.82) is 0 Å². The predicted molar refractivity (Wildman–Crippen MR) is 68.0 cm³/mol. The van der Waals surface area contributed by atoms with E-state index in [1.54, 1.807) is 12.1 Å². The molecule has 0 saturated heterocycles. The van der Waals surface area contributed by atoms with Crippen LogP contribution in [0, 0.1) is 6.92 Å². The van der Waals surface area contributed by atoms with Crippen LogP contribution in [0.25, 0.3) is 11.3 Å². The van der Waals surface area contributed by atoms with Crippen LogP contribution >= 0.6 is 0 Å². The number of aryl methyl sites for hydroxylation is 1. The Morgan fingerprint density at radius 2 is 2.06 bits per heavy atom. The Labute approximate surface area is 101 Å². The van der Waals surface area contributed by atoms with Gasteiger partial charge in [0.05, 0.1) is 5.69 Å². The number of phenols is 1. The average Bonchev–Trinajstić information content (AvgIpc) is 3.12. The van der Waals surface area contributed by atoms with Gasteiger partial charge >= 0.3 is 0 Å². The zero-order valence-corrected chi connectivity index (χ0v) is 9.85. The van der Waals surface area contributed by atoms with Crippen LogP contribution in [-0.4, -0.2) is 10.1 Å². The van der Waals surface area contributed by atoms with Gasteiger partial charge in [0.15, 0.2) is 0 Å². The molecular formula is C15H15NO. The molecule has 1 aliphatic rings. The fraction of sp³-hybridized carbons (Fsp3) is 0.267. The molecule has 2 heteroatoms. The highest BCUT2D eigenvalue weighted by molar-refractivity contribution is 5.64. The maximum absolute atomic E-state index is 9.49. The molecule has 0 radical (unpaired) electrons. The lowest BCUT2D eigenvalue weighted by atomic mass is 10.0. The molecule has 1 aromatic carbocycles. The number of hydrogen-bond donors (Lipinski definition) is 1. The standard InChI is InChI=1S/C15H15NO/c1-10-7-13(11-5-6-11)9-16-15(10)12-3-2-4-14(17)8-12/h2-4,7-9,11,17H,5-6H2,1H3. The van der Waals surface area contributed by atoms with Gasteiger partial charge in [-0.1, -0.05) is 18.2 Å². The molecule has 0 unspecified atom stereocenters. The third kappa shape index (κ3) is 2.03. The van der Waals surface area contributed by atoms with Gasteiger partial charge < -0.3 is 5.11 Å². The lowest BCUT2D eigenvalue weighted by Gasteiger charge is -2.07. The normalized spacial score (nSPS) is 14.9. The highest BCUT2D eigenvalue weighted by Gasteiger charge is 2.24. The maximum atomic E-state index is 9.49. The number of phenolic OH excluding ortho intramolecular Hbond substituents is 1. The van der Waals surface area contributed by atoms with Crippen LogP contribution in [0.4, 0.5) is 0 Å². The van der Waals surface area contributed by atoms with Crippen molar-refractivity contribution in [2.24, 2.45) is 0 Å². The second kappa shape index (κ2) is 3.88. The van der Waals surface area contributed by atoms with Crippen LogP contribution in [0.3, 0.4) is 0 Å². The number of aromatic hydroxyl groups is 1. The molecule has 0 amide bonds. The summed E-state index contributed by atoms with van der Waals surface area (Å²) in [4.78, 5) is 4.54. The molecule has 1 N–H and O–H groups in total. The summed E-state index contributed by atoms with van der Waals surface area (Å²) in [5.74, 6) is 1.02. The van der Waals surface area contributed by atoms with E-state index in [4.69, 9.17) is 0 Å². The second-order valence-corrected chi connectivity index (χ2v) is 4.76. The summed E-state index contributed by atoms with van der Waals surface area (Å²) in [6.45, 7) is 2.08. The summed E-state index contributed by atoms with van der Waals surface area (Å²) < 4.78 is 0. The Kier molecular flexibility index (Phi) is 2.36. The van der Waals surface area contributed by atoms with Gasteiger partial charge in [-0.05, 0) is 48.9 Å². The molecule has 0 bridgehead atoms. The Morgan fingerprint density at radius 3 is 2.71 bits per heavy atom. The van der Waals surface area contributed by atoms with Crippen molar-refractivity contribution in [3.63, 3.8) is 0 Å². The number of nitrogens with zero attached hydrogens (tertiary/aromatic N) is 1. The van der Waals surface area contributed by atoms with Gasteiger partial charge in [-0.2, -0.15) is 0 Å². The van der Waals surface area contributed by atoms with E-state index in [9.17, 15) is 5.11 Å². The minimum absolute atomic E-state index is 0.287. The Morgan fingerprint density at radius 1 is 1.24 bits per heavy atom. The van der Waals surface area contributed by atoms with Crippen LogP contribution in [0.5, 0.6) is 5.75 Å². The summed E-state index contributed by atoms with van der Waals surface area (Å²) in [5.41, 5.74) is 4.47. The SMILES string of the molecule is Cc1cc(C2CC2)cnc1-c1cccc(O)c1. The fourth-order valence-electron chi connectivity index (χ4n) is 2.19. The Hall–Kier alpha value is -1.83. The van der Waals surface area contributed by atoms with Gasteiger partial charge in [-0.25, -0.2) is 0 Å². The number of pyridine rings is 1. The molecule has 0 aliphatic heterocycles. The van der Waals surface area contributed by atoms with Gasteiger partial charge in [-0.15, -0.1) is 0 Å². The van der Waals surface area contributed by atoms with Gasteiger partial charge in [0.1, 0.15) is 5.75 Å². The van der Waals surface area contributed by atoms with Crippen molar-refractivity contribution in [3.8, 4) is 17.0 Å². The first kappa shape index (κ1) is 10.3. The number of aromatic nitrogens is 1. The smallest absolute Gasteiger partial charge is 0.116 e. The van der Waals surface area contributed by atoms with Crippen molar-refractivity contribution in [3.05, 3.63) is 47.7 Å². The van der Waals surface area contributed by atoms with Crippen LogP contribution in [0.15, 0.2) is 36.5 Å². The van der Waals surface area contributed by atoms with Crippen molar-refractivity contribution >= 4 is 0 Å². The lowest BCUT2D eigenvalue weighted by Crippen LogP contribution is -1.91. The highest BCUT2D eigenvalue weighted by atomic mass is 16.3. The molecule has 3 rings (SSSR count). The first-order valence-electron chi connectivity index (χ1n) is 6.00. The molecule has 2 nitrogen and oxygen atoms in total. The molecule has 17 heavy (non-hydrogen) atoms. The van der Waals surface area contributed by atoms with E-state index in [1.165, 1.54) is 24.0 Å². The summed E-state index contributed by atoms with van der Waals surface area (Å²) in [5, 5.41) is 9.49. The van der Waals surface area contributed by atoms with E-state index in [-0.39, 0.29) is 5.75 Å². The zero-order chi connectivity index (χ0) is 11.8. The van der Waals surface area contributed by atoms with Gasteiger partial charge in [0.2, 0.25) is 0 Å². The molecule has 0 atom stereocenters. The number of hydrogen-bond acceptors (Lipinski definition) is 2. The highest BCUT2D eigenvalue weighted by Crippen LogP contribution is 2.40. The molecule has 0 spiro atoms. The number of benzene rings is 1. The molecule has 1 aliphatic carbocycles. The van der Waals surface area contributed by atoms with Crippen LogP contribution < -0.4 is 0 Å². The predicted octanol–water partition coefficient (Wildman–Crippen LogP) is 3.64. The van der Waals surface area contributed by atoms with Crippen molar-refractivity contribution in [2.75, 3.05) is 0 Å². The summed E-state index contributed by atoms with van der Waals surface area (Å²) >= 11 is 0. The van der Waals surface area contributed by atoms with Gasteiger partial charge in [0, 0.05) is 11.8 Å². The van der Waals surface area contributed by atoms with Crippen molar-refractivity contribution < 1.29 is 5.11 Å². The van der Waals surface area contributed by atoms with Gasteiger partial charge in [0.25, 0.3) is 0 Å². The summed E-state index contributed by atoms with van der Waals surface area (Å²) in [6, 6.07) is 9.49. The average molecular weight is 225 g/mol. The third-order valence-electron chi connectivity index (χ3n) is 3.27. The van der Waals surface area contributed by atoms with E-state index in [0.29, 0.717) is 0 Å². The first-order valence-corrected chi connectivity index (χ1v) is 6.00. The minimum atomic E-state index is 0.287. The van der Waals surface area contributed by atoms with E-state index < -0.39 is 0 Å². The molecule has 1 saturated carbocycles. The van der Waals surface area contributed by atoms with E-state index in [1.807, 2.05) is 18.3 Å². The van der Waals surface area contributed by atoms with E-state index in [2.05, 4.69) is 18.0 Å².